The van der Waals surface area contributed by atoms with Gasteiger partial charge in [-0.2, -0.15) is 17.2 Å². The van der Waals surface area contributed by atoms with Crippen LogP contribution in [0.25, 0.3) is 0 Å². The van der Waals surface area contributed by atoms with Gasteiger partial charge in [0, 0.05) is 12.4 Å². The third-order valence-corrected chi connectivity index (χ3v) is 1.45. The van der Waals surface area contributed by atoms with Crippen molar-refractivity contribution in [3.63, 3.8) is 0 Å². The first kappa shape index (κ1) is 6.15. The largest absolute Gasteiger partial charge is 0.362 e. The van der Waals surface area contributed by atoms with Crippen LogP contribution in [-0.2, 0) is 10.2 Å². The molecule has 0 aliphatic carbocycles. The van der Waals surface area contributed by atoms with E-state index < -0.39 is 10.2 Å². The van der Waals surface area contributed by atoms with Crippen molar-refractivity contribution in [2.75, 3.05) is 0 Å². The number of rotatable bonds is 0. The molecular weight excluding hydrogens is 140 g/mol. The second kappa shape index (κ2) is 2.10. The molecule has 0 aromatic heterocycles. The van der Waals surface area contributed by atoms with Gasteiger partial charge in [0.15, 0.2) is 0 Å². The van der Waals surface area contributed by atoms with Crippen molar-refractivity contribution in [3.05, 3.63) is 12.2 Å². The molecule has 0 bridgehead atoms. The molecule has 0 atom stereocenters. The van der Waals surface area contributed by atoms with E-state index in [0.717, 1.165) is 0 Å². The Morgan fingerprint density at radius 2 is 1.44 bits per heavy atom. The quantitative estimate of drug-likeness (QED) is 0.478. The fourth-order valence-electron chi connectivity index (χ4n) is 0.351. The number of hydrogen-bond donors (Lipinski definition) is 0. The van der Waals surface area contributed by atoms with E-state index in [0.29, 0.717) is 0 Å². The van der Waals surface area contributed by atoms with Crippen LogP contribution in [0.2, 0.25) is 0 Å². The van der Waals surface area contributed by atoms with Crippen molar-refractivity contribution in [1.82, 2.24) is 0 Å². The van der Waals surface area contributed by atoms with E-state index in [1.54, 1.807) is 0 Å². The van der Waals surface area contributed by atoms with Crippen LogP contribution in [0.4, 0.5) is 0 Å². The number of allylic oxidation sites excluding steroid dienone is 2. The molecule has 0 unspecified atom stereocenters. The Balaban J connectivity index is 3.11. The van der Waals surface area contributed by atoms with E-state index >= 15 is 0 Å². The summed E-state index contributed by atoms with van der Waals surface area (Å²) in [7, 11) is -3.54. The first-order chi connectivity index (χ1) is 4.21. The highest BCUT2D eigenvalue weighted by molar-refractivity contribution is 7.89. The van der Waals surface area contributed by atoms with Crippen LogP contribution in [-0.4, -0.2) is 20.8 Å². The molecule has 0 fully saturated rings. The second-order valence-electron chi connectivity index (χ2n) is 1.34. The van der Waals surface area contributed by atoms with E-state index in [4.69, 9.17) is 0 Å². The van der Waals surface area contributed by atoms with Gasteiger partial charge in [-0.05, 0) is 12.2 Å². The van der Waals surface area contributed by atoms with Gasteiger partial charge in [0.05, 0.1) is 0 Å². The van der Waals surface area contributed by atoms with Crippen molar-refractivity contribution >= 4 is 22.6 Å². The van der Waals surface area contributed by atoms with Gasteiger partial charge in [0.2, 0.25) is 0 Å². The van der Waals surface area contributed by atoms with Gasteiger partial charge in [-0.3, -0.25) is 0 Å². The van der Waals surface area contributed by atoms with Crippen molar-refractivity contribution in [2.24, 2.45) is 8.80 Å². The lowest BCUT2D eigenvalue weighted by molar-refractivity contribution is 0.600. The fraction of sp³-hybridized carbons (Fsp3) is 0. The maximum absolute atomic E-state index is 10.4. The maximum atomic E-state index is 10.4. The lowest BCUT2D eigenvalue weighted by Crippen LogP contribution is -1.87. The molecule has 0 spiro atoms. The van der Waals surface area contributed by atoms with Crippen molar-refractivity contribution in [1.29, 1.82) is 0 Å². The summed E-state index contributed by atoms with van der Waals surface area (Å²) in [6.07, 6.45) is 5.35. The van der Waals surface area contributed by atoms with Gasteiger partial charge in [0.1, 0.15) is 0 Å². The first-order valence-electron chi connectivity index (χ1n) is 2.21. The Morgan fingerprint density at radius 1 is 1.00 bits per heavy atom. The molecule has 1 heterocycles. The minimum absolute atomic E-state index is 1.18. The maximum Gasteiger partial charge on any atom is 0.362 e. The molecule has 4 nitrogen and oxygen atoms in total. The monoisotopic (exact) mass is 144 g/mol. The molecule has 0 aromatic rings. The predicted molar refractivity (Wildman–Crippen MR) is 35.0 cm³/mol. The van der Waals surface area contributed by atoms with Crippen LogP contribution in [0.1, 0.15) is 0 Å². The van der Waals surface area contributed by atoms with Crippen molar-refractivity contribution < 1.29 is 8.42 Å². The predicted octanol–water partition coefficient (Wildman–Crippen LogP) is -0.0574. The molecule has 9 heavy (non-hydrogen) atoms. The summed E-state index contributed by atoms with van der Waals surface area (Å²) in [5.41, 5.74) is 0. The number of nitrogens with zero attached hydrogens (tertiary/aromatic N) is 2. The Kier molecular flexibility index (Phi) is 1.44. The summed E-state index contributed by atoms with van der Waals surface area (Å²) in [6.45, 7) is 0. The van der Waals surface area contributed by atoms with Crippen LogP contribution in [0.15, 0.2) is 20.9 Å². The summed E-state index contributed by atoms with van der Waals surface area (Å²) in [4.78, 5) is 0. The van der Waals surface area contributed by atoms with E-state index in [2.05, 4.69) is 8.80 Å². The van der Waals surface area contributed by atoms with Gasteiger partial charge in [-0.15, -0.1) is 0 Å². The molecule has 1 aliphatic heterocycles. The summed E-state index contributed by atoms with van der Waals surface area (Å²) < 4.78 is 27.1. The average molecular weight is 144 g/mol. The zero-order valence-corrected chi connectivity index (χ0v) is 5.25. The first-order valence-corrected chi connectivity index (χ1v) is 3.61. The van der Waals surface area contributed by atoms with E-state index in [9.17, 15) is 8.42 Å². The van der Waals surface area contributed by atoms with Crippen molar-refractivity contribution in [2.45, 2.75) is 0 Å². The van der Waals surface area contributed by atoms with Gasteiger partial charge in [-0.1, -0.05) is 0 Å². The Labute approximate surface area is 52.8 Å². The van der Waals surface area contributed by atoms with Crippen LogP contribution in [0.3, 0.4) is 0 Å². The third kappa shape index (κ3) is 1.77. The summed E-state index contributed by atoms with van der Waals surface area (Å²) in [6, 6.07) is 0. The van der Waals surface area contributed by atoms with Gasteiger partial charge in [0.25, 0.3) is 0 Å². The third-order valence-electron chi connectivity index (χ3n) is 0.671. The molecule has 0 N–H and O–H groups in total. The van der Waals surface area contributed by atoms with Gasteiger partial charge < -0.3 is 0 Å². The van der Waals surface area contributed by atoms with Crippen LogP contribution < -0.4 is 0 Å². The molecule has 1 rings (SSSR count). The summed E-state index contributed by atoms with van der Waals surface area (Å²) >= 11 is 0. The second-order valence-corrected chi connectivity index (χ2v) is 2.66. The minimum atomic E-state index is -3.54. The molecule has 1 aliphatic rings. The summed E-state index contributed by atoms with van der Waals surface area (Å²) in [5.74, 6) is 0. The molecule has 5 heteroatoms. The summed E-state index contributed by atoms with van der Waals surface area (Å²) in [5, 5.41) is 0. The molecule has 0 saturated heterocycles. The fourth-order valence-corrected chi connectivity index (χ4v) is 0.853. The topological polar surface area (TPSA) is 58.9 Å². The lowest BCUT2D eigenvalue weighted by atomic mass is 10.5. The normalized spacial score (nSPS) is 21.8. The molecule has 0 saturated carbocycles. The Bertz CT molecular complexity index is 251. The van der Waals surface area contributed by atoms with Crippen LogP contribution >= 0.6 is 0 Å². The lowest BCUT2D eigenvalue weighted by Gasteiger charge is -1.80. The molecule has 0 radical (unpaired) electrons. The minimum Gasteiger partial charge on any atom is -0.179 e. The Hall–Kier alpha value is -0.970. The smallest absolute Gasteiger partial charge is 0.179 e. The molecular formula is C4H4N2O2S. The number of hydrogen-bond acceptors (Lipinski definition) is 2. The zero-order chi connectivity index (χ0) is 6.74. The van der Waals surface area contributed by atoms with Crippen molar-refractivity contribution in [3.8, 4) is 0 Å². The SMILES string of the molecule is O=S1(=O)N=CC=CC=N1. The highest BCUT2D eigenvalue weighted by Crippen LogP contribution is 1.93. The van der Waals surface area contributed by atoms with E-state index in [-0.39, 0.29) is 0 Å². The van der Waals surface area contributed by atoms with Crippen LogP contribution in [0, 0.1) is 0 Å². The highest BCUT2D eigenvalue weighted by atomic mass is 32.2. The molecule has 0 aromatic carbocycles. The van der Waals surface area contributed by atoms with Crippen LogP contribution in [0.5, 0.6) is 0 Å². The van der Waals surface area contributed by atoms with E-state index in [1.165, 1.54) is 24.6 Å². The zero-order valence-electron chi connectivity index (χ0n) is 4.43. The standard InChI is InChI=1S/C4H4N2O2S/c7-9(8)5-3-1-2-4-6-9/h1-4H. The average Bonchev–Trinajstić information content (AvgIpc) is 1.92. The Morgan fingerprint density at radius 3 is 1.89 bits per heavy atom. The molecule has 48 valence electrons. The van der Waals surface area contributed by atoms with Gasteiger partial charge >= 0.3 is 10.2 Å². The van der Waals surface area contributed by atoms with E-state index in [1.807, 2.05) is 0 Å². The highest BCUT2D eigenvalue weighted by Gasteiger charge is 1.99. The molecule has 0 amide bonds. The van der Waals surface area contributed by atoms with Gasteiger partial charge in [-0.25, -0.2) is 0 Å².